The lowest BCUT2D eigenvalue weighted by Gasteiger charge is -2.25. The number of nitrogens with zero attached hydrogens (tertiary/aromatic N) is 7. The summed E-state index contributed by atoms with van der Waals surface area (Å²) in [5.74, 6) is 0.186. The van der Waals surface area contributed by atoms with Crippen LogP contribution in [0.1, 0.15) is 65.7 Å². The molecule has 1 aromatic carbocycles. The van der Waals surface area contributed by atoms with Gasteiger partial charge in [0, 0.05) is 12.1 Å². The second kappa shape index (κ2) is 8.12. The van der Waals surface area contributed by atoms with Crippen molar-refractivity contribution in [3.63, 3.8) is 0 Å². The van der Waals surface area contributed by atoms with Crippen molar-refractivity contribution < 1.29 is 9.18 Å². The maximum atomic E-state index is 14.8. The number of carbonyl (C=O) groups is 1. The number of rotatable bonds is 6. The van der Waals surface area contributed by atoms with Gasteiger partial charge >= 0.3 is 0 Å². The Bertz CT molecular complexity index is 1390. The number of nitrogens with one attached hydrogen (secondary N) is 1. The minimum Gasteiger partial charge on any atom is -0.306 e. The lowest BCUT2D eigenvalue weighted by atomic mass is 9.93. The number of carbonyl (C=O) groups excluding carboxylic acids is 1. The van der Waals surface area contributed by atoms with Crippen molar-refractivity contribution in [3.8, 4) is 17.2 Å². The Balaban J connectivity index is 1.27. The molecule has 6 rings (SSSR count). The predicted molar refractivity (Wildman–Crippen MR) is 122 cm³/mol. The van der Waals surface area contributed by atoms with E-state index in [1.807, 2.05) is 17.7 Å². The fourth-order valence-corrected chi connectivity index (χ4v) is 4.23. The highest BCUT2D eigenvalue weighted by Gasteiger charge is 2.27. The highest BCUT2D eigenvalue weighted by Crippen LogP contribution is 2.39. The average Bonchev–Trinajstić information content (AvgIpc) is 3.32. The van der Waals surface area contributed by atoms with Gasteiger partial charge in [0.05, 0.1) is 29.3 Å². The molecule has 2 fully saturated rings. The van der Waals surface area contributed by atoms with Gasteiger partial charge in [-0.25, -0.2) is 19.0 Å². The molecule has 9 nitrogen and oxygen atoms in total. The number of hydrogen-bond donors (Lipinski definition) is 1. The van der Waals surface area contributed by atoms with Crippen molar-refractivity contribution in [1.29, 1.82) is 0 Å². The molecule has 4 aromatic rings. The second-order valence-electron chi connectivity index (χ2n) is 8.99. The fraction of sp³-hybridized carbons (Fsp3) is 0.333. The molecule has 3 heterocycles. The monoisotopic (exact) mass is 458 g/mol. The Morgan fingerprint density at radius 2 is 2.03 bits per heavy atom. The van der Waals surface area contributed by atoms with Gasteiger partial charge in [-0.15, -0.1) is 5.10 Å². The van der Waals surface area contributed by atoms with E-state index in [1.165, 1.54) is 6.07 Å². The van der Waals surface area contributed by atoms with E-state index in [0.29, 0.717) is 28.9 Å². The Labute approximate surface area is 195 Å². The lowest BCUT2D eigenvalue weighted by Crippen LogP contribution is -2.20. The van der Waals surface area contributed by atoms with Crippen molar-refractivity contribution >= 4 is 11.7 Å². The normalized spacial score (nSPS) is 15.8. The van der Waals surface area contributed by atoms with Crippen LogP contribution in [0.25, 0.3) is 17.2 Å². The van der Waals surface area contributed by atoms with Crippen molar-refractivity contribution in [1.82, 2.24) is 34.7 Å². The zero-order chi connectivity index (χ0) is 23.2. The summed E-state index contributed by atoms with van der Waals surface area (Å²) in [6.45, 7) is 1.81. The number of anilines is 1. The fourth-order valence-electron chi connectivity index (χ4n) is 4.23. The van der Waals surface area contributed by atoms with Gasteiger partial charge in [0.25, 0.3) is 5.91 Å². The molecule has 0 spiro atoms. The van der Waals surface area contributed by atoms with Crippen molar-refractivity contribution in [3.05, 3.63) is 65.5 Å². The summed E-state index contributed by atoms with van der Waals surface area (Å²) in [7, 11) is 0. The van der Waals surface area contributed by atoms with Gasteiger partial charge in [0.15, 0.2) is 0 Å². The average molecular weight is 459 g/mol. The van der Waals surface area contributed by atoms with Gasteiger partial charge in [-0.1, -0.05) is 6.07 Å². The summed E-state index contributed by atoms with van der Waals surface area (Å²) in [6.07, 6.45) is 9.17. The molecule has 2 aliphatic carbocycles. The Kier molecular flexibility index (Phi) is 4.93. The number of halogens is 1. The molecule has 0 atom stereocenters. The summed E-state index contributed by atoms with van der Waals surface area (Å²) >= 11 is 0. The number of amides is 1. The SMILES string of the molecule is Cc1cc(F)c(C(=O)Nc2cccc(-c3nnnn3C3CCC3)n2)cc1-n1cnc(C2CC2)c1. The first-order valence-corrected chi connectivity index (χ1v) is 11.5. The molecule has 0 unspecified atom stereocenters. The Morgan fingerprint density at radius 3 is 2.79 bits per heavy atom. The number of hydrogen-bond acceptors (Lipinski definition) is 6. The van der Waals surface area contributed by atoms with Crippen LogP contribution >= 0.6 is 0 Å². The predicted octanol–water partition coefficient (Wildman–Crippen LogP) is 4.22. The molecular weight excluding hydrogens is 435 g/mol. The first kappa shape index (κ1) is 20.6. The van der Waals surface area contributed by atoms with Crippen LogP contribution in [0.5, 0.6) is 0 Å². The number of imidazole rings is 1. The summed E-state index contributed by atoms with van der Waals surface area (Å²) in [6, 6.07) is 8.41. The molecule has 172 valence electrons. The molecule has 0 radical (unpaired) electrons. The lowest BCUT2D eigenvalue weighted by molar-refractivity contribution is 0.102. The van der Waals surface area contributed by atoms with E-state index in [-0.39, 0.29) is 11.6 Å². The number of aryl methyl sites for hydroxylation is 1. The number of benzene rings is 1. The Morgan fingerprint density at radius 1 is 1.18 bits per heavy atom. The summed E-state index contributed by atoms with van der Waals surface area (Å²) in [4.78, 5) is 22.0. The molecule has 0 aliphatic heterocycles. The van der Waals surface area contributed by atoms with E-state index in [1.54, 1.807) is 35.3 Å². The second-order valence-corrected chi connectivity index (χ2v) is 8.99. The molecule has 3 aromatic heterocycles. The van der Waals surface area contributed by atoms with E-state index in [4.69, 9.17) is 0 Å². The molecule has 2 aliphatic rings. The quantitative estimate of drug-likeness (QED) is 0.464. The van der Waals surface area contributed by atoms with Crippen LogP contribution in [-0.4, -0.2) is 40.6 Å². The van der Waals surface area contributed by atoms with E-state index < -0.39 is 11.7 Å². The smallest absolute Gasteiger partial charge is 0.259 e. The minimum absolute atomic E-state index is 0.0613. The number of aromatic nitrogens is 7. The molecule has 0 bridgehead atoms. The maximum absolute atomic E-state index is 14.8. The standard InChI is InChI=1S/C24H23FN8O/c1-14-10-18(25)17(11-21(14)32-12-20(26-13-32)15-8-9-15)24(34)28-22-7-3-6-19(27-22)23-29-30-31-33(23)16-4-2-5-16/h3,6-7,10-13,15-16H,2,4-5,8-9H2,1H3,(H,27,28,34). The third-order valence-electron chi connectivity index (χ3n) is 6.54. The van der Waals surface area contributed by atoms with E-state index in [9.17, 15) is 9.18 Å². The molecule has 1 amide bonds. The summed E-state index contributed by atoms with van der Waals surface area (Å²) < 4.78 is 18.4. The summed E-state index contributed by atoms with van der Waals surface area (Å²) in [5.41, 5.74) is 2.95. The molecule has 2 saturated carbocycles. The molecule has 0 saturated heterocycles. The van der Waals surface area contributed by atoms with Crippen LogP contribution in [0, 0.1) is 12.7 Å². The topological polar surface area (TPSA) is 103 Å². The van der Waals surface area contributed by atoms with Crippen molar-refractivity contribution in [2.45, 2.75) is 51.0 Å². The van der Waals surface area contributed by atoms with Crippen molar-refractivity contribution in [2.24, 2.45) is 0 Å². The van der Waals surface area contributed by atoms with E-state index >= 15 is 0 Å². The first-order valence-electron chi connectivity index (χ1n) is 11.5. The summed E-state index contributed by atoms with van der Waals surface area (Å²) in [5, 5.41) is 14.7. The van der Waals surface area contributed by atoms with Crippen LogP contribution in [0.3, 0.4) is 0 Å². The third-order valence-corrected chi connectivity index (χ3v) is 6.54. The number of pyridine rings is 1. The van der Waals surface area contributed by atoms with Crippen LogP contribution in [0.2, 0.25) is 0 Å². The van der Waals surface area contributed by atoms with Crippen LogP contribution in [-0.2, 0) is 0 Å². The van der Waals surface area contributed by atoms with Crippen LogP contribution in [0.15, 0.2) is 42.9 Å². The third kappa shape index (κ3) is 3.74. The molecule has 34 heavy (non-hydrogen) atoms. The van der Waals surface area contributed by atoms with Gasteiger partial charge in [-0.2, -0.15) is 0 Å². The first-order chi connectivity index (χ1) is 16.6. The van der Waals surface area contributed by atoms with E-state index in [0.717, 1.165) is 43.4 Å². The minimum atomic E-state index is -0.591. The van der Waals surface area contributed by atoms with Crippen molar-refractivity contribution in [2.75, 3.05) is 5.32 Å². The largest absolute Gasteiger partial charge is 0.306 e. The van der Waals surface area contributed by atoms with E-state index in [2.05, 4.69) is 30.8 Å². The van der Waals surface area contributed by atoms with Gasteiger partial charge < -0.3 is 9.88 Å². The van der Waals surface area contributed by atoms with Crippen LogP contribution < -0.4 is 5.32 Å². The van der Waals surface area contributed by atoms with Crippen LogP contribution in [0.4, 0.5) is 10.2 Å². The zero-order valence-electron chi connectivity index (χ0n) is 18.6. The molecule has 10 heteroatoms. The Hall–Kier alpha value is -3.95. The van der Waals surface area contributed by atoms with Gasteiger partial charge in [0.1, 0.15) is 17.3 Å². The molecular formula is C24H23FN8O. The van der Waals surface area contributed by atoms with Gasteiger partial charge in [0.2, 0.25) is 5.82 Å². The highest BCUT2D eigenvalue weighted by molar-refractivity contribution is 6.04. The number of tetrazole rings is 1. The maximum Gasteiger partial charge on any atom is 0.259 e. The molecule has 1 N–H and O–H groups in total. The zero-order valence-corrected chi connectivity index (χ0v) is 18.6. The van der Waals surface area contributed by atoms with Gasteiger partial charge in [-0.05, 0) is 79.3 Å². The highest BCUT2D eigenvalue weighted by atomic mass is 19.1. The van der Waals surface area contributed by atoms with Gasteiger partial charge in [-0.3, -0.25) is 4.79 Å².